The van der Waals surface area contributed by atoms with E-state index in [1.165, 1.54) is 17.2 Å². The average Bonchev–Trinajstić information content (AvgIpc) is 3.37. The summed E-state index contributed by atoms with van der Waals surface area (Å²) in [6.07, 6.45) is 0. The second kappa shape index (κ2) is 22.0. The van der Waals surface area contributed by atoms with E-state index in [0.29, 0.717) is 44.6 Å². The predicted octanol–water partition coefficient (Wildman–Crippen LogP) is 12.7. The van der Waals surface area contributed by atoms with Gasteiger partial charge in [0.2, 0.25) is 5.28 Å². The molecule has 10 aromatic rings. The molecule has 0 aliphatic carbocycles. The Kier molecular flexibility index (Phi) is 15.1. The van der Waals surface area contributed by atoms with Gasteiger partial charge in [-0.3, -0.25) is 0 Å². The van der Waals surface area contributed by atoms with Gasteiger partial charge in [-0.05, 0) is 63.6 Å². The summed E-state index contributed by atoms with van der Waals surface area (Å²) in [4.78, 5) is 27.3. The first-order valence-electron chi connectivity index (χ1n) is 20.7. The second-order valence-electron chi connectivity index (χ2n) is 14.6. The van der Waals surface area contributed by atoms with Crippen LogP contribution in [0.25, 0.3) is 79.2 Å². The highest BCUT2D eigenvalue weighted by molar-refractivity contribution is 6.59. The minimum atomic E-state index is -1.43. The molecule has 320 valence electrons. The van der Waals surface area contributed by atoms with E-state index < -0.39 is 7.12 Å². The number of nitrogens with zero attached hydrogens (tertiary/aromatic N) is 6. The lowest BCUT2D eigenvalue weighted by Crippen LogP contribution is -2.29. The standard InChI is InChI=1S/C27H18ClN3.C21H14ClN3.C6H6BClO2/c28-24-13-7-12-23(18-24)27-30-25(21-10-5-2-6-11-21)29-26(31-27)22-16-14-20(15-17-22)19-8-3-1-4-9-19;22-21-24-19(17-9-5-2-6-10-17)23-20(25-21)18-13-11-16(12-14-18)15-7-3-1-4-8-15;8-6-3-1-2-5(4-6)7(9)10/h1-18H;1-14H;1-4,9-10H. The molecule has 0 spiro atoms. The lowest BCUT2D eigenvalue weighted by Gasteiger charge is -2.09. The molecule has 0 bridgehead atoms. The third-order valence-corrected chi connectivity index (χ3v) is 10.7. The fourth-order valence-corrected chi connectivity index (χ4v) is 7.27. The molecule has 0 saturated carbocycles. The van der Waals surface area contributed by atoms with Crippen LogP contribution >= 0.6 is 34.8 Å². The maximum Gasteiger partial charge on any atom is 0.488 e. The molecule has 0 aliphatic rings. The number of halogens is 3. The van der Waals surface area contributed by atoms with Crippen LogP contribution in [0.4, 0.5) is 0 Å². The molecule has 12 heteroatoms. The van der Waals surface area contributed by atoms with Crippen molar-refractivity contribution in [1.82, 2.24) is 29.9 Å². The smallest absolute Gasteiger partial charge is 0.423 e. The van der Waals surface area contributed by atoms with E-state index in [4.69, 9.17) is 59.8 Å². The minimum absolute atomic E-state index is 0.191. The zero-order valence-electron chi connectivity index (χ0n) is 35.1. The van der Waals surface area contributed by atoms with Crippen molar-refractivity contribution in [1.29, 1.82) is 0 Å². The molecule has 10 rings (SSSR count). The summed E-state index contributed by atoms with van der Waals surface area (Å²) in [7, 11) is -1.43. The Balaban J connectivity index is 0.000000151. The largest absolute Gasteiger partial charge is 0.488 e. The highest BCUT2D eigenvalue weighted by atomic mass is 35.5. The molecule has 0 saturated heterocycles. The number of benzene rings is 8. The molecule has 2 heterocycles. The Morgan fingerprint density at radius 2 is 0.561 bits per heavy atom. The number of aromatic nitrogens is 6. The lowest BCUT2D eigenvalue weighted by molar-refractivity contribution is 0.426. The van der Waals surface area contributed by atoms with Gasteiger partial charge in [0.15, 0.2) is 29.1 Å². The van der Waals surface area contributed by atoms with Crippen LogP contribution in [0.3, 0.4) is 0 Å². The third-order valence-electron chi connectivity index (χ3n) is 10.0. The lowest BCUT2D eigenvalue weighted by atomic mass is 9.81. The van der Waals surface area contributed by atoms with E-state index in [2.05, 4.69) is 63.5 Å². The topological polar surface area (TPSA) is 118 Å². The monoisotopic (exact) mass is 918 g/mol. The van der Waals surface area contributed by atoms with E-state index in [9.17, 15) is 0 Å². The van der Waals surface area contributed by atoms with Gasteiger partial charge in [0.05, 0.1) is 0 Å². The quantitative estimate of drug-likeness (QED) is 0.145. The fourth-order valence-electron chi connectivity index (χ4n) is 6.73. The Morgan fingerprint density at radius 1 is 0.273 bits per heavy atom. The van der Waals surface area contributed by atoms with Crippen molar-refractivity contribution in [3.05, 3.63) is 234 Å². The average molecular weight is 920 g/mol. The van der Waals surface area contributed by atoms with Crippen LogP contribution in [0.5, 0.6) is 0 Å². The zero-order valence-corrected chi connectivity index (χ0v) is 37.3. The Bertz CT molecular complexity index is 3140. The van der Waals surface area contributed by atoms with Gasteiger partial charge in [-0.25, -0.2) is 19.9 Å². The normalized spacial score (nSPS) is 10.5. The molecule has 8 aromatic carbocycles. The van der Waals surface area contributed by atoms with Crippen molar-refractivity contribution in [2.24, 2.45) is 0 Å². The summed E-state index contributed by atoms with van der Waals surface area (Å²) in [6, 6.07) is 70.6. The van der Waals surface area contributed by atoms with E-state index in [-0.39, 0.29) is 5.28 Å². The van der Waals surface area contributed by atoms with E-state index in [0.717, 1.165) is 38.9 Å². The highest BCUT2D eigenvalue weighted by Crippen LogP contribution is 2.29. The van der Waals surface area contributed by atoms with Crippen LogP contribution in [-0.4, -0.2) is 47.1 Å². The van der Waals surface area contributed by atoms with Gasteiger partial charge in [-0.15, -0.1) is 0 Å². The summed E-state index contributed by atoms with van der Waals surface area (Å²) in [5.74, 6) is 3.00. The van der Waals surface area contributed by atoms with Crippen molar-refractivity contribution in [2.75, 3.05) is 0 Å². The van der Waals surface area contributed by atoms with Gasteiger partial charge in [0, 0.05) is 37.9 Å². The first-order chi connectivity index (χ1) is 32.3. The number of hydrogen-bond acceptors (Lipinski definition) is 8. The Labute approximate surface area is 398 Å². The molecule has 0 aliphatic heterocycles. The van der Waals surface area contributed by atoms with Gasteiger partial charge < -0.3 is 10.0 Å². The van der Waals surface area contributed by atoms with Crippen molar-refractivity contribution in [3.63, 3.8) is 0 Å². The van der Waals surface area contributed by atoms with Crippen LogP contribution in [0, 0.1) is 0 Å². The third kappa shape index (κ3) is 12.0. The first kappa shape index (κ1) is 45.2. The summed E-state index contributed by atoms with van der Waals surface area (Å²) in [5, 5.41) is 18.6. The van der Waals surface area contributed by atoms with Crippen molar-refractivity contribution < 1.29 is 10.0 Å². The fraction of sp³-hybridized carbons (Fsp3) is 0. The van der Waals surface area contributed by atoms with E-state index in [1.54, 1.807) is 18.2 Å². The van der Waals surface area contributed by atoms with Crippen molar-refractivity contribution >= 4 is 47.4 Å². The summed E-state index contributed by atoms with van der Waals surface area (Å²) >= 11 is 17.9. The molecular formula is C54H38BCl3N6O2. The predicted molar refractivity (Wildman–Crippen MR) is 269 cm³/mol. The van der Waals surface area contributed by atoms with Gasteiger partial charge in [-0.2, -0.15) is 9.97 Å². The molecule has 66 heavy (non-hydrogen) atoms. The Morgan fingerprint density at radius 3 is 0.924 bits per heavy atom. The van der Waals surface area contributed by atoms with Crippen LogP contribution < -0.4 is 5.46 Å². The maximum absolute atomic E-state index is 8.65. The van der Waals surface area contributed by atoms with Crippen molar-refractivity contribution in [3.8, 4) is 79.2 Å². The van der Waals surface area contributed by atoms with Crippen LogP contribution in [0.2, 0.25) is 15.3 Å². The molecule has 0 radical (unpaired) electrons. The molecule has 8 nitrogen and oxygen atoms in total. The highest BCUT2D eigenvalue weighted by Gasteiger charge is 2.14. The SMILES string of the molecule is Clc1cccc(-c2nc(-c3ccccc3)nc(-c3ccc(-c4ccccc4)cc3)n2)c1.Clc1nc(-c2ccccc2)nc(-c2ccc(-c3ccccc3)cc2)n1.OB(O)c1cccc(Cl)c1. The molecule has 2 aromatic heterocycles. The summed E-state index contributed by atoms with van der Waals surface area (Å²) in [6.45, 7) is 0. The number of hydrogen-bond donors (Lipinski definition) is 2. The Hall–Kier alpha value is -7.37. The van der Waals surface area contributed by atoms with Gasteiger partial charge in [0.25, 0.3) is 0 Å². The second-order valence-corrected chi connectivity index (χ2v) is 15.8. The molecule has 0 fully saturated rings. The molecule has 2 N–H and O–H groups in total. The van der Waals surface area contributed by atoms with Gasteiger partial charge in [-0.1, -0.05) is 217 Å². The summed E-state index contributed by atoms with van der Waals surface area (Å²) in [5.41, 5.74) is 9.60. The summed E-state index contributed by atoms with van der Waals surface area (Å²) < 4.78 is 0. The van der Waals surface area contributed by atoms with Gasteiger partial charge >= 0.3 is 7.12 Å². The molecular weight excluding hydrogens is 882 g/mol. The van der Waals surface area contributed by atoms with E-state index in [1.807, 2.05) is 146 Å². The molecule has 0 atom stereocenters. The maximum atomic E-state index is 8.65. The van der Waals surface area contributed by atoms with Crippen LogP contribution in [-0.2, 0) is 0 Å². The molecule has 0 unspecified atom stereocenters. The zero-order chi connectivity index (χ0) is 45.7. The first-order valence-corrected chi connectivity index (χ1v) is 21.9. The van der Waals surface area contributed by atoms with Crippen LogP contribution in [0.1, 0.15) is 0 Å². The van der Waals surface area contributed by atoms with Crippen molar-refractivity contribution in [2.45, 2.75) is 0 Å². The van der Waals surface area contributed by atoms with Gasteiger partial charge in [0.1, 0.15) is 0 Å². The van der Waals surface area contributed by atoms with E-state index >= 15 is 0 Å². The van der Waals surface area contributed by atoms with Crippen LogP contribution in [0.15, 0.2) is 218 Å². The number of rotatable bonds is 8. The molecule has 0 amide bonds. The minimum Gasteiger partial charge on any atom is -0.423 e.